The first kappa shape index (κ1) is 11.0. The molecule has 0 bridgehead atoms. The summed E-state index contributed by atoms with van der Waals surface area (Å²) in [5.74, 6) is -0.988. The summed E-state index contributed by atoms with van der Waals surface area (Å²) < 4.78 is 26.5. The quantitative estimate of drug-likeness (QED) is 0.686. The van der Waals surface area contributed by atoms with Crippen LogP contribution in [0.25, 0.3) is 11.1 Å². The number of pyridine rings is 1. The molecule has 0 aliphatic carbocycles. The van der Waals surface area contributed by atoms with E-state index in [4.69, 9.17) is 11.6 Å². The average molecular weight is 240 g/mol. The van der Waals surface area contributed by atoms with Crippen LogP contribution in [0.15, 0.2) is 30.5 Å². The van der Waals surface area contributed by atoms with Gasteiger partial charge in [-0.15, -0.1) is 0 Å². The Balaban J connectivity index is 2.54. The predicted octanol–water partition coefficient (Wildman–Crippen LogP) is 3.99. The predicted molar refractivity (Wildman–Crippen MR) is 59.3 cm³/mol. The maximum Gasteiger partial charge on any atom is 0.215 e. The molecule has 0 amide bonds. The van der Waals surface area contributed by atoms with E-state index < -0.39 is 11.8 Å². The number of rotatable bonds is 1. The maximum absolute atomic E-state index is 13.6. The molecule has 4 heteroatoms. The molecule has 0 fully saturated rings. The van der Waals surface area contributed by atoms with Crippen molar-refractivity contribution in [1.82, 2.24) is 4.98 Å². The van der Waals surface area contributed by atoms with Gasteiger partial charge in [0.05, 0.1) is 0 Å². The Labute approximate surface area is 96.7 Å². The van der Waals surface area contributed by atoms with Crippen molar-refractivity contribution in [3.05, 3.63) is 52.8 Å². The van der Waals surface area contributed by atoms with Crippen LogP contribution in [0, 0.1) is 18.7 Å². The molecule has 1 nitrogen and oxygen atoms in total. The van der Waals surface area contributed by atoms with Crippen LogP contribution < -0.4 is 0 Å². The van der Waals surface area contributed by atoms with Crippen LogP contribution in [0.3, 0.4) is 0 Å². The summed E-state index contributed by atoms with van der Waals surface area (Å²) in [6, 6.07) is 5.90. The van der Waals surface area contributed by atoms with Gasteiger partial charge in [0.15, 0.2) is 0 Å². The van der Waals surface area contributed by atoms with Gasteiger partial charge >= 0.3 is 0 Å². The Morgan fingerprint density at radius 2 is 1.94 bits per heavy atom. The van der Waals surface area contributed by atoms with E-state index in [0.717, 1.165) is 0 Å². The highest BCUT2D eigenvalue weighted by Gasteiger charge is 2.08. The van der Waals surface area contributed by atoms with E-state index in [2.05, 4.69) is 4.98 Å². The molecule has 1 aromatic heterocycles. The number of hydrogen-bond acceptors (Lipinski definition) is 1. The molecule has 0 atom stereocenters. The van der Waals surface area contributed by atoms with Gasteiger partial charge in [-0.1, -0.05) is 11.6 Å². The summed E-state index contributed by atoms with van der Waals surface area (Å²) in [5.41, 5.74) is 1.28. The third kappa shape index (κ3) is 2.04. The fraction of sp³-hybridized carbons (Fsp3) is 0.0833. The minimum absolute atomic E-state index is 0.327. The van der Waals surface area contributed by atoms with E-state index in [1.165, 1.54) is 12.3 Å². The van der Waals surface area contributed by atoms with Gasteiger partial charge in [0.1, 0.15) is 5.82 Å². The van der Waals surface area contributed by atoms with Gasteiger partial charge in [0.2, 0.25) is 5.95 Å². The summed E-state index contributed by atoms with van der Waals surface area (Å²) in [6.45, 7) is 1.58. The molecule has 0 saturated carbocycles. The lowest BCUT2D eigenvalue weighted by Crippen LogP contribution is -1.91. The van der Waals surface area contributed by atoms with Crippen LogP contribution in [0.1, 0.15) is 5.56 Å². The van der Waals surface area contributed by atoms with Crippen LogP contribution >= 0.6 is 11.6 Å². The van der Waals surface area contributed by atoms with E-state index in [1.54, 1.807) is 25.1 Å². The molecule has 16 heavy (non-hydrogen) atoms. The highest BCUT2D eigenvalue weighted by Crippen LogP contribution is 2.25. The Kier molecular flexibility index (Phi) is 2.88. The standard InChI is InChI=1S/C12H8ClF2N/c1-7-4-8(6-16-12(7)15)10-3-2-9(13)5-11(10)14/h2-6H,1H3. The Bertz CT molecular complexity index is 541. The molecular formula is C12H8ClF2N. The number of nitrogens with zero attached hydrogens (tertiary/aromatic N) is 1. The second-order valence-corrected chi connectivity index (χ2v) is 3.89. The van der Waals surface area contributed by atoms with Gasteiger partial charge in [0.25, 0.3) is 0 Å². The zero-order valence-electron chi connectivity index (χ0n) is 8.47. The largest absolute Gasteiger partial charge is 0.227 e. The van der Waals surface area contributed by atoms with Crippen molar-refractivity contribution in [2.24, 2.45) is 0 Å². The summed E-state index contributed by atoms with van der Waals surface area (Å²) in [7, 11) is 0. The zero-order valence-corrected chi connectivity index (χ0v) is 9.22. The van der Waals surface area contributed by atoms with Crippen LogP contribution in [0.2, 0.25) is 5.02 Å². The Morgan fingerprint density at radius 1 is 1.19 bits per heavy atom. The molecular weight excluding hydrogens is 232 g/mol. The van der Waals surface area contributed by atoms with E-state index in [0.29, 0.717) is 21.7 Å². The molecule has 1 aromatic carbocycles. The lowest BCUT2D eigenvalue weighted by molar-refractivity contribution is 0.574. The number of hydrogen-bond donors (Lipinski definition) is 0. The van der Waals surface area contributed by atoms with Crippen LogP contribution in [0.5, 0.6) is 0 Å². The maximum atomic E-state index is 13.6. The van der Waals surface area contributed by atoms with E-state index >= 15 is 0 Å². The molecule has 0 aliphatic heterocycles. The van der Waals surface area contributed by atoms with Gasteiger partial charge < -0.3 is 0 Å². The summed E-state index contributed by atoms with van der Waals surface area (Å²) in [5, 5.41) is 0.327. The van der Waals surface area contributed by atoms with E-state index in [-0.39, 0.29) is 0 Å². The third-order valence-electron chi connectivity index (χ3n) is 2.26. The fourth-order valence-corrected chi connectivity index (χ4v) is 1.59. The lowest BCUT2D eigenvalue weighted by atomic mass is 10.1. The molecule has 0 radical (unpaired) electrons. The van der Waals surface area contributed by atoms with Crippen molar-refractivity contribution >= 4 is 11.6 Å². The van der Waals surface area contributed by atoms with Crippen molar-refractivity contribution in [2.45, 2.75) is 6.92 Å². The van der Waals surface area contributed by atoms with Gasteiger partial charge in [0, 0.05) is 27.9 Å². The highest BCUT2D eigenvalue weighted by molar-refractivity contribution is 6.30. The second kappa shape index (κ2) is 4.18. The molecule has 2 aromatic rings. The van der Waals surface area contributed by atoms with Crippen LogP contribution in [-0.4, -0.2) is 4.98 Å². The molecule has 0 aliphatic rings. The first-order chi connectivity index (χ1) is 7.58. The average Bonchev–Trinajstić information content (AvgIpc) is 2.22. The van der Waals surface area contributed by atoms with E-state index in [1.807, 2.05) is 0 Å². The molecule has 2 rings (SSSR count). The molecule has 0 saturated heterocycles. The lowest BCUT2D eigenvalue weighted by Gasteiger charge is -2.04. The number of aromatic nitrogens is 1. The van der Waals surface area contributed by atoms with Crippen LogP contribution in [0.4, 0.5) is 8.78 Å². The molecule has 0 N–H and O–H groups in total. The topological polar surface area (TPSA) is 12.9 Å². The van der Waals surface area contributed by atoms with Gasteiger partial charge in [-0.2, -0.15) is 4.39 Å². The van der Waals surface area contributed by atoms with Gasteiger partial charge in [-0.25, -0.2) is 9.37 Å². The highest BCUT2D eigenvalue weighted by atomic mass is 35.5. The first-order valence-electron chi connectivity index (χ1n) is 4.65. The van der Waals surface area contributed by atoms with Crippen molar-refractivity contribution in [1.29, 1.82) is 0 Å². The van der Waals surface area contributed by atoms with Crippen molar-refractivity contribution < 1.29 is 8.78 Å². The first-order valence-corrected chi connectivity index (χ1v) is 5.03. The minimum Gasteiger partial charge on any atom is -0.227 e. The molecule has 0 unspecified atom stereocenters. The van der Waals surface area contributed by atoms with Crippen molar-refractivity contribution in [3.8, 4) is 11.1 Å². The smallest absolute Gasteiger partial charge is 0.215 e. The van der Waals surface area contributed by atoms with Gasteiger partial charge in [-0.05, 0) is 31.2 Å². The fourth-order valence-electron chi connectivity index (χ4n) is 1.43. The summed E-state index contributed by atoms with van der Waals surface area (Å²) in [6.07, 6.45) is 1.30. The Hall–Kier alpha value is -1.48. The third-order valence-corrected chi connectivity index (χ3v) is 2.49. The van der Waals surface area contributed by atoms with E-state index in [9.17, 15) is 8.78 Å². The van der Waals surface area contributed by atoms with Crippen molar-refractivity contribution in [2.75, 3.05) is 0 Å². The summed E-state index contributed by atoms with van der Waals surface area (Å²) in [4.78, 5) is 3.55. The molecule has 0 spiro atoms. The second-order valence-electron chi connectivity index (χ2n) is 3.46. The minimum atomic E-state index is -0.543. The normalized spacial score (nSPS) is 10.5. The summed E-state index contributed by atoms with van der Waals surface area (Å²) >= 11 is 5.65. The van der Waals surface area contributed by atoms with Crippen molar-refractivity contribution in [3.63, 3.8) is 0 Å². The number of aryl methyl sites for hydroxylation is 1. The SMILES string of the molecule is Cc1cc(-c2ccc(Cl)cc2F)cnc1F. The van der Waals surface area contributed by atoms with Crippen LogP contribution in [-0.2, 0) is 0 Å². The van der Waals surface area contributed by atoms with Gasteiger partial charge in [-0.3, -0.25) is 0 Å². The zero-order chi connectivity index (χ0) is 11.7. The molecule has 1 heterocycles. The number of benzene rings is 1. The monoisotopic (exact) mass is 239 g/mol. The Morgan fingerprint density at radius 3 is 2.56 bits per heavy atom. The molecule has 82 valence electrons. The number of halogens is 3.